The molecule has 15 heavy (non-hydrogen) atoms. The molecule has 0 radical (unpaired) electrons. The van der Waals surface area contributed by atoms with Gasteiger partial charge < -0.3 is 5.32 Å². The fraction of sp³-hybridized carbons (Fsp3) is 0.818. The van der Waals surface area contributed by atoms with E-state index in [0.717, 1.165) is 18.9 Å². The average molecular weight is 206 g/mol. The van der Waals surface area contributed by atoms with Gasteiger partial charge in [0.15, 0.2) is 0 Å². The molecule has 1 aliphatic carbocycles. The number of hydrogen-bond donors (Lipinski definition) is 1. The lowest BCUT2D eigenvalue weighted by atomic mass is 10.1. The molecule has 1 aliphatic heterocycles. The van der Waals surface area contributed by atoms with Crippen molar-refractivity contribution in [3.63, 3.8) is 0 Å². The standard InChI is InChI=1S/C11H18N4/c1-2-10(12-5-1)6-11-7-13-14-15(11)8-9-3-4-9/h7,9-10,12H,1-6,8H2. The first-order valence-corrected chi connectivity index (χ1v) is 6.02. The van der Waals surface area contributed by atoms with Gasteiger partial charge in [-0.25, -0.2) is 4.68 Å². The van der Waals surface area contributed by atoms with Crippen LogP contribution >= 0.6 is 0 Å². The summed E-state index contributed by atoms with van der Waals surface area (Å²) in [5.74, 6) is 0.877. The summed E-state index contributed by atoms with van der Waals surface area (Å²) in [7, 11) is 0. The van der Waals surface area contributed by atoms with Crippen molar-refractivity contribution in [3.05, 3.63) is 11.9 Å². The number of nitrogens with zero attached hydrogens (tertiary/aromatic N) is 3. The van der Waals surface area contributed by atoms with Crippen LogP contribution in [-0.2, 0) is 13.0 Å². The smallest absolute Gasteiger partial charge is 0.0725 e. The zero-order valence-electron chi connectivity index (χ0n) is 9.02. The van der Waals surface area contributed by atoms with Crippen LogP contribution in [0.4, 0.5) is 0 Å². The summed E-state index contributed by atoms with van der Waals surface area (Å²) in [5.41, 5.74) is 1.31. The summed E-state index contributed by atoms with van der Waals surface area (Å²) in [4.78, 5) is 0. The zero-order valence-corrected chi connectivity index (χ0v) is 9.02. The molecule has 1 aromatic heterocycles. The molecule has 2 aliphatic rings. The first-order valence-electron chi connectivity index (χ1n) is 6.02. The van der Waals surface area contributed by atoms with Gasteiger partial charge in [-0.15, -0.1) is 5.10 Å². The second-order valence-electron chi connectivity index (χ2n) is 4.85. The number of aromatic nitrogens is 3. The third kappa shape index (κ3) is 2.20. The molecule has 2 fully saturated rings. The van der Waals surface area contributed by atoms with Gasteiger partial charge in [-0.3, -0.25) is 0 Å². The third-order valence-electron chi connectivity index (χ3n) is 3.44. The highest BCUT2D eigenvalue weighted by Crippen LogP contribution is 2.30. The fourth-order valence-corrected chi connectivity index (χ4v) is 2.32. The van der Waals surface area contributed by atoms with Crippen LogP contribution in [0.3, 0.4) is 0 Å². The van der Waals surface area contributed by atoms with E-state index in [-0.39, 0.29) is 0 Å². The van der Waals surface area contributed by atoms with Gasteiger partial charge in [0, 0.05) is 19.0 Å². The minimum absolute atomic E-state index is 0.654. The summed E-state index contributed by atoms with van der Waals surface area (Å²) < 4.78 is 2.11. The van der Waals surface area contributed by atoms with Crippen LogP contribution in [-0.4, -0.2) is 27.6 Å². The van der Waals surface area contributed by atoms with E-state index in [1.165, 1.54) is 37.9 Å². The van der Waals surface area contributed by atoms with Gasteiger partial charge in [0.05, 0.1) is 11.9 Å². The molecule has 4 heteroatoms. The molecule has 1 unspecified atom stereocenters. The van der Waals surface area contributed by atoms with Gasteiger partial charge in [0.1, 0.15) is 0 Å². The molecule has 0 bridgehead atoms. The van der Waals surface area contributed by atoms with E-state index in [0.29, 0.717) is 6.04 Å². The SMILES string of the molecule is c1nnn(CC2CC2)c1CC1CCCN1. The van der Waals surface area contributed by atoms with Gasteiger partial charge in [-0.2, -0.15) is 0 Å². The van der Waals surface area contributed by atoms with Crippen LogP contribution in [0.1, 0.15) is 31.4 Å². The van der Waals surface area contributed by atoms with Gasteiger partial charge in [0.25, 0.3) is 0 Å². The Morgan fingerprint density at radius 1 is 1.40 bits per heavy atom. The van der Waals surface area contributed by atoms with Crippen molar-refractivity contribution >= 4 is 0 Å². The number of rotatable bonds is 4. The van der Waals surface area contributed by atoms with Crippen LogP contribution in [0.25, 0.3) is 0 Å². The summed E-state index contributed by atoms with van der Waals surface area (Å²) in [6.45, 7) is 2.26. The van der Waals surface area contributed by atoms with Gasteiger partial charge in [0.2, 0.25) is 0 Å². The Bertz CT molecular complexity index is 323. The zero-order chi connectivity index (χ0) is 10.1. The second-order valence-corrected chi connectivity index (χ2v) is 4.85. The molecular weight excluding hydrogens is 188 g/mol. The number of hydrogen-bond acceptors (Lipinski definition) is 3. The van der Waals surface area contributed by atoms with E-state index in [1.807, 2.05) is 6.20 Å². The van der Waals surface area contributed by atoms with Gasteiger partial charge >= 0.3 is 0 Å². The quantitative estimate of drug-likeness (QED) is 0.798. The van der Waals surface area contributed by atoms with E-state index in [9.17, 15) is 0 Å². The lowest BCUT2D eigenvalue weighted by Gasteiger charge is -2.10. The minimum atomic E-state index is 0.654. The third-order valence-corrected chi connectivity index (χ3v) is 3.44. The lowest BCUT2D eigenvalue weighted by Crippen LogP contribution is -2.25. The van der Waals surface area contributed by atoms with Crippen molar-refractivity contribution in [2.45, 2.75) is 44.7 Å². The molecule has 1 saturated carbocycles. The highest BCUT2D eigenvalue weighted by atomic mass is 15.4. The molecule has 2 heterocycles. The molecule has 0 spiro atoms. The lowest BCUT2D eigenvalue weighted by molar-refractivity contribution is 0.500. The monoisotopic (exact) mass is 206 g/mol. The Morgan fingerprint density at radius 3 is 3.07 bits per heavy atom. The highest BCUT2D eigenvalue weighted by molar-refractivity contribution is 4.99. The summed E-state index contributed by atoms with van der Waals surface area (Å²) in [6, 6.07) is 0.654. The van der Waals surface area contributed by atoms with Crippen LogP contribution in [0.2, 0.25) is 0 Å². The van der Waals surface area contributed by atoms with Crippen molar-refractivity contribution in [2.75, 3.05) is 6.54 Å². The van der Waals surface area contributed by atoms with Crippen LogP contribution in [0.15, 0.2) is 6.20 Å². The summed E-state index contributed by atoms with van der Waals surface area (Å²) >= 11 is 0. The van der Waals surface area contributed by atoms with Crippen molar-refractivity contribution in [2.24, 2.45) is 5.92 Å². The Labute approximate surface area is 90.0 Å². The van der Waals surface area contributed by atoms with Gasteiger partial charge in [-0.1, -0.05) is 5.21 Å². The summed E-state index contributed by atoms with van der Waals surface area (Å²) in [5, 5.41) is 11.7. The first kappa shape index (κ1) is 9.33. The largest absolute Gasteiger partial charge is 0.314 e. The van der Waals surface area contributed by atoms with E-state index >= 15 is 0 Å². The minimum Gasteiger partial charge on any atom is -0.314 e. The predicted molar refractivity (Wildman–Crippen MR) is 57.5 cm³/mol. The molecule has 82 valence electrons. The van der Waals surface area contributed by atoms with Crippen molar-refractivity contribution < 1.29 is 0 Å². The highest BCUT2D eigenvalue weighted by Gasteiger charge is 2.24. The first-order chi connectivity index (χ1) is 7.42. The summed E-state index contributed by atoms with van der Waals surface area (Å²) in [6.07, 6.45) is 8.40. The molecule has 1 N–H and O–H groups in total. The van der Waals surface area contributed by atoms with E-state index in [1.54, 1.807) is 0 Å². The van der Waals surface area contributed by atoms with E-state index in [2.05, 4.69) is 20.3 Å². The molecule has 1 saturated heterocycles. The molecule has 4 nitrogen and oxygen atoms in total. The Morgan fingerprint density at radius 2 is 2.33 bits per heavy atom. The Hall–Kier alpha value is -0.900. The fourth-order valence-electron chi connectivity index (χ4n) is 2.32. The van der Waals surface area contributed by atoms with Crippen molar-refractivity contribution in [3.8, 4) is 0 Å². The molecular formula is C11H18N4. The van der Waals surface area contributed by atoms with Crippen LogP contribution in [0.5, 0.6) is 0 Å². The van der Waals surface area contributed by atoms with Crippen LogP contribution < -0.4 is 5.32 Å². The topological polar surface area (TPSA) is 42.7 Å². The normalized spacial score (nSPS) is 26.0. The number of nitrogens with one attached hydrogen (secondary N) is 1. The molecule has 1 aromatic rings. The Kier molecular flexibility index (Phi) is 2.44. The molecule has 3 rings (SSSR count). The second kappa shape index (κ2) is 3.93. The van der Waals surface area contributed by atoms with E-state index in [4.69, 9.17) is 0 Å². The average Bonchev–Trinajstić information content (AvgIpc) is 2.75. The van der Waals surface area contributed by atoms with Crippen LogP contribution in [0, 0.1) is 5.92 Å². The maximum Gasteiger partial charge on any atom is 0.0725 e. The molecule has 0 aromatic carbocycles. The Balaban J connectivity index is 1.64. The maximum absolute atomic E-state index is 4.18. The van der Waals surface area contributed by atoms with Crippen molar-refractivity contribution in [1.82, 2.24) is 20.3 Å². The predicted octanol–water partition coefficient (Wildman–Crippen LogP) is 0.983. The van der Waals surface area contributed by atoms with Gasteiger partial charge in [-0.05, 0) is 38.1 Å². The molecule has 1 atom stereocenters. The molecule has 0 amide bonds. The van der Waals surface area contributed by atoms with E-state index < -0.39 is 0 Å². The van der Waals surface area contributed by atoms with Crippen molar-refractivity contribution in [1.29, 1.82) is 0 Å². The maximum atomic E-state index is 4.18.